The number of hydrogen-bond acceptors (Lipinski definition) is 5. The third kappa shape index (κ3) is 6.79. The van der Waals surface area contributed by atoms with Crippen LogP contribution in [0.2, 0.25) is 0 Å². The number of benzene rings is 1. The van der Waals surface area contributed by atoms with Gasteiger partial charge in [-0.1, -0.05) is 19.9 Å². The minimum Gasteiger partial charge on any atom is -0.340 e. The zero-order valence-corrected chi connectivity index (χ0v) is 22.0. The van der Waals surface area contributed by atoms with Crippen molar-refractivity contribution in [1.29, 1.82) is 0 Å². The van der Waals surface area contributed by atoms with E-state index >= 15 is 0 Å². The summed E-state index contributed by atoms with van der Waals surface area (Å²) in [6.07, 6.45) is -3.63. The number of halogens is 3. The number of nitrogens with zero attached hydrogens (tertiary/aromatic N) is 2. The van der Waals surface area contributed by atoms with Crippen molar-refractivity contribution in [3.05, 3.63) is 35.4 Å². The van der Waals surface area contributed by atoms with Crippen LogP contribution in [0.15, 0.2) is 24.3 Å². The van der Waals surface area contributed by atoms with Gasteiger partial charge in [0.15, 0.2) is 9.84 Å². The molecule has 7 nitrogen and oxygen atoms in total. The molecule has 2 heterocycles. The molecule has 0 aromatic heterocycles. The van der Waals surface area contributed by atoms with Crippen molar-refractivity contribution < 1.29 is 31.2 Å². The molecule has 2 aliphatic rings. The predicted octanol–water partition coefficient (Wildman–Crippen LogP) is 3.21. The Bertz CT molecular complexity index is 1060. The van der Waals surface area contributed by atoms with E-state index < -0.39 is 38.8 Å². The van der Waals surface area contributed by atoms with Gasteiger partial charge in [0.2, 0.25) is 5.91 Å². The fourth-order valence-corrected chi connectivity index (χ4v) is 6.40. The molecule has 36 heavy (non-hydrogen) atoms. The molecule has 0 saturated carbocycles. The van der Waals surface area contributed by atoms with Crippen molar-refractivity contribution in [3.8, 4) is 0 Å². The van der Waals surface area contributed by atoms with Crippen LogP contribution in [0, 0.1) is 11.8 Å². The lowest BCUT2D eigenvalue weighted by Crippen LogP contribution is -2.55. The number of piperidine rings is 1. The van der Waals surface area contributed by atoms with Crippen LogP contribution in [0.4, 0.5) is 13.2 Å². The second-order valence-electron chi connectivity index (χ2n) is 10.6. The number of rotatable bonds is 8. The summed E-state index contributed by atoms with van der Waals surface area (Å²) < 4.78 is 64.6. The average Bonchev–Trinajstić information content (AvgIpc) is 3.12. The van der Waals surface area contributed by atoms with Gasteiger partial charge >= 0.3 is 6.18 Å². The summed E-state index contributed by atoms with van der Waals surface area (Å²) in [6, 6.07) is 2.96. The Morgan fingerprint density at radius 3 is 2.44 bits per heavy atom. The molecule has 0 spiro atoms. The molecule has 0 bridgehead atoms. The monoisotopic (exact) mass is 531 g/mol. The van der Waals surface area contributed by atoms with Gasteiger partial charge in [-0.15, -0.1) is 0 Å². The van der Waals surface area contributed by atoms with Crippen LogP contribution >= 0.6 is 0 Å². The summed E-state index contributed by atoms with van der Waals surface area (Å²) in [4.78, 5) is 29.8. The molecule has 2 saturated heterocycles. The summed E-state index contributed by atoms with van der Waals surface area (Å²) in [5.74, 6) is -0.911. The summed E-state index contributed by atoms with van der Waals surface area (Å²) in [5, 5.41) is 2.06. The number of likely N-dealkylation sites (tertiary alicyclic amines) is 2. The zero-order chi connectivity index (χ0) is 26.8. The first-order valence-corrected chi connectivity index (χ1v) is 14.1. The lowest BCUT2D eigenvalue weighted by Gasteiger charge is -2.43. The van der Waals surface area contributed by atoms with E-state index in [4.69, 9.17) is 0 Å². The van der Waals surface area contributed by atoms with E-state index in [9.17, 15) is 31.2 Å². The fraction of sp³-hybridized carbons (Fsp3) is 0.680. The first-order chi connectivity index (χ1) is 16.7. The van der Waals surface area contributed by atoms with Gasteiger partial charge in [-0.3, -0.25) is 9.59 Å². The van der Waals surface area contributed by atoms with E-state index in [1.807, 2.05) is 0 Å². The molecule has 2 amide bonds. The number of alkyl halides is 3. The number of amides is 2. The van der Waals surface area contributed by atoms with Crippen LogP contribution in [-0.4, -0.2) is 79.3 Å². The summed E-state index contributed by atoms with van der Waals surface area (Å²) in [5.41, 5.74) is -1.10. The van der Waals surface area contributed by atoms with E-state index in [1.54, 1.807) is 18.7 Å². The van der Waals surface area contributed by atoms with Gasteiger partial charge < -0.3 is 15.1 Å². The first kappa shape index (κ1) is 28.4. The molecule has 1 aromatic rings. The van der Waals surface area contributed by atoms with E-state index in [-0.39, 0.29) is 29.2 Å². The maximum Gasteiger partial charge on any atom is 0.416 e. The molecular formula is C25H36F3N3O4S. The molecule has 0 radical (unpaired) electrons. The second-order valence-corrected chi connectivity index (χ2v) is 13.2. The summed E-state index contributed by atoms with van der Waals surface area (Å²) >= 11 is 0. The number of nitrogens with one attached hydrogen (secondary N) is 1. The normalized spacial score (nSPS) is 24.1. The van der Waals surface area contributed by atoms with Crippen LogP contribution in [-0.2, 0) is 20.8 Å². The van der Waals surface area contributed by atoms with Crippen molar-refractivity contribution >= 4 is 21.7 Å². The van der Waals surface area contributed by atoms with Gasteiger partial charge in [-0.05, 0) is 50.8 Å². The molecule has 1 unspecified atom stereocenters. The van der Waals surface area contributed by atoms with Crippen molar-refractivity contribution in [1.82, 2.24) is 15.1 Å². The minimum atomic E-state index is -4.58. The largest absolute Gasteiger partial charge is 0.416 e. The number of sulfone groups is 1. The van der Waals surface area contributed by atoms with Crippen molar-refractivity contribution in [3.63, 3.8) is 0 Å². The van der Waals surface area contributed by atoms with E-state index in [0.29, 0.717) is 31.8 Å². The van der Waals surface area contributed by atoms with Crippen molar-refractivity contribution in [2.45, 2.75) is 64.0 Å². The smallest absolute Gasteiger partial charge is 0.340 e. The number of hydrogen-bond donors (Lipinski definition) is 1. The Morgan fingerprint density at radius 2 is 1.83 bits per heavy atom. The lowest BCUT2D eigenvalue weighted by molar-refractivity contribution is -0.137. The molecule has 2 fully saturated rings. The van der Waals surface area contributed by atoms with Crippen LogP contribution in [0.1, 0.15) is 56.5 Å². The molecule has 1 aromatic carbocycles. The Kier molecular flexibility index (Phi) is 8.75. The highest BCUT2D eigenvalue weighted by Crippen LogP contribution is 2.31. The Balaban J connectivity index is 1.73. The highest BCUT2D eigenvalue weighted by atomic mass is 32.2. The molecule has 3 rings (SSSR count). The highest BCUT2D eigenvalue weighted by molar-refractivity contribution is 7.91. The van der Waals surface area contributed by atoms with E-state index in [1.165, 1.54) is 6.07 Å². The van der Waals surface area contributed by atoms with Crippen LogP contribution in [0.3, 0.4) is 0 Å². The average molecular weight is 532 g/mol. The van der Waals surface area contributed by atoms with E-state index in [0.717, 1.165) is 31.3 Å². The standard InChI is InChI=1S/C25H36F3N3O4S/c1-16(2)13-30-10-9-22(19(14-30)15-36(34,35)17(3)4)31-11-8-21(24(31)33)29-23(32)18-6-5-7-20(12-18)25(26,27)28/h5-7,12,16-17,19,21-22H,8-11,13-15H2,1-4H3,(H,29,32)/t19-,21?,22-/m0/s1. The first-order valence-electron chi connectivity index (χ1n) is 12.4. The molecule has 202 valence electrons. The van der Waals surface area contributed by atoms with Crippen LogP contribution < -0.4 is 5.32 Å². The highest BCUT2D eigenvalue weighted by Gasteiger charge is 2.43. The van der Waals surface area contributed by atoms with E-state index in [2.05, 4.69) is 24.1 Å². The summed E-state index contributed by atoms with van der Waals surface area (Å²) in [6.45, 7) is 10.0. The molecule has 2 aliphatic heterocycles. The Labute approximate surface area is 211 Å². The maximum absolute atomic E-state index is 13.3. The quantitative estimate of drug-likeness (QED) is 0.557. The summed E-state index contributed by atoms with van der Waals surface area (Å²) in [7, 11) is -3.34. The minimum absolute atomic E-state index is 0.0189. The van der Waals surface area contributed by atoms with Crippen LogP contribution in [0.25, 0.3) is 0 Å². The SMILES string of the molecule is CC(C)CN1CC[C@H](N2CCC(NC(=O)c3cccc(C(F)(F)F)c3)C2=O)[C@H](CS(=O)(=O)C(C)C)C1. The molecule has 0 aliphatic carbocycles. The predicted molar refractivity (Wildman–Crippen MR) is 131 cm³/mol. The van der Waals surface area contributed by atoms with Gasteiger partial charge in [-0.25, -0.2) is 8.42 Å². The zero-order valence-electron chi connectivity index (χ0n) is 21.2. The topological polar surface area (TPSA) is 86.8 Å². The molecule has 3 atom stereocenters. The lowest BCUT2D eigenvalue weighted by atomic mass is 9.91. The van der Waals surface area contributed by atoms with Gasteiger partial charge in [0.1, 0.15) is 6.04 Å². The molecule has 11 heteroatoms. The second kappa shape index (κ2) is 11.1. The van der Waals surface area contributed by atoms with Gasteiger partial charge in [-0.2, -0.15) is 13.2 Å². The number of carbonyl (C=O) groups excluding carboxylic acids is 2. The van der Waals surface area contributed by atoms with Crippen molar-refractivity contribution in [2.75, 3.05) is 31.9 Å². The fourth-order valence-electron chi connectivity index (χ4n) is 5.09. The van der Waals surface area contributed by atoms with Crippen LogP contribution in [0.5, 0.6) is 0 Å². The third-order valence-electron chi connectivity index (χ3n) is 6.96. The molecular weight excluding hydrogens is 495 g/mol. The maximum atomic E-state index is 13.3. The Morgan fingerprint density at radius 1 is 1.14 bits per heavy atom. The molecule has 1 N–H and O–H groups in total. The van der Waals surface area contributed by atoms with Gasteiger partial charge in [0.25, 0.3) is 5.91 Å². The number of carbonyl (C=O) groups is 2. The van der Waals surface area contributed by atoms with Gasteiger partial charge in [0.05, 0.1) is 16.6 Å². The third-order valence-corrected chi connectivity index (χ3v) is 9.29. The Hall–Kier alpha value is -2.14. The van der Waals surface area contributed by atoms with Crippen molar-refractivity contribution in [2.24, 2.45) is 11.8 Å². The van der Waals surface area contributed by atoms with Gasteiger partial charge in [0, 0.05) is 43.7 Å².